The maximum atomic E-state index is 11.9. The summed E-state index contributed by atoms with van der Waals surface area (Å²) in [5.74, 6) is 1.42. The lowest BCUT2D eigenvalue weighted by molar-refractivity contribution is -0.123. The molecule has 0 unspecified atom stereocenters. The monoisotopic (exact) mass is 336 g/mol. The third-order valence-electron chi connectivity index (χ3n) is 4.46. The quantitative estimate of drug-likeness (QED) is 0.657. The molecular weight excluding hydrogens is 308 g/mol. The second-order valence-corrected chi connectivity index (χ2v) is 6.44. The van der Waals surface area contributed by atoms with Crippen LogP contribution in [0.25, 0.3) is 0 Å². The van der Waals surface area contributed by atoms with Gasteiger partial charge in [-0.15, -0.1) is 0 Å². The second kappa shape index (κ2) is 8.73. The lowest BCUT2D eigenvalue weighted by Crippen LogP contribution is -2.41. The van der Waals surface area contributed by atoms with E-state index in [1.54, 1.807) is 0 Å². The third kappa shape index (κ3) is 5.56. The summed E-state index contributed by atoms with van der Waals surface area (Å²) in [6, 6.07) is 3.40. The van der Waals surface area contributed by atoms with Gasteiger partial charge in [0.15, 0.2) is 0 Å². The van der Waals surface area contributed by atoms with Crippen LogP contribution in [0.15, 0.2) is 16.5 Å². The number of piperidine rings is 1. The van der Waals surface area contributed by atoms with E-state index in [1.807, 2.05) is 26.0 Å². The average Bonchev–Trinajstić information content (AvgIpc) is 2.98. The number of nitrogens with zero attached hydrogens (tertiary/aromatic N) is 1. The van der Waals surface area contributed by atoms with Crippen LogP contribution in [-0.2, 0) is 4.79 Å². The zero-order valence-electron chi connectivity index (χ0n) is 14.5. The zero-order valence-corrected chi connectivity index (χ0v) is 14.5. The number of likely N-dealkylation sites (tertiary alicyclic amines) is 1. The molecule has 24 heavy (non-hydrogen) atoms. The highest BCUT2D eigenvalue weighted by molar-refractivity contribution is 5.76. The van der Waals surface area contributed by atoms with E-state index < -0.39 is 0 Å². The summed E-state index contributed by atoms with van der Waals surface area (Å²) < 4.78 is 5.49. The van der Waals surface area contributed by atoms with Crippen LogP contribution >= 0.6 is 0 Å². The van der Waals surface area contributed by atoms with Gasteiger partial charge >= 0.3 is 6.03 Å². The van der Waals surface area contributed by atoms with Gasteiger partial charge in [0.05, 0.1) is 6.04 Å². The first-order valence-corrected chi connectivity index (χ1v) is 8.58. The minimum Gasteiger partial charge on any atom is -0.464 e. The van der Waals surface area contributed by atoms with Gasteiger partial charge in [-0.3, -0.25) is 4.79 Å². The van der Waals surface area contributed by atoms with Gasteiger partial charge in [-0.25, -0.2) is 4.79 Å². The van der Waals surface area contributed by atoms with Gasteiger partial charge in [0.2, 0.25) is 5.91 Å². The summed E-state index contributed by atoms with van der Waals surface area (Å²) in [7, 11) is 0. The van der Waals surface area contributed by atoms with E-state index in [0.29, 0.717) is 6.54 Å². The minimum atomic E-state index is -0.191. The predicted molar refractivity (Wildman–Crippen MR) is 91.4 cm³/mol. The SMILES string of the molecule is Cc1ccc([C@H](C)NC(=O)NCCCN2CCC(C(N)=O)CC2)o1. The first-order chi connectivity index (χ1) is 11.5. The van der Waals surface area contributed by atoms with E-state index in [-0.39, 0.29) is 23.9 Å². The van der Waals surface area contributed by atoms with E-state index in [1.165, 1.54) is 0 Å². The maximum Gasteiger partial charge on any atom is 0.315 e. The molecular formula is C17H28N4O3. The second-order valence-electron chi connectivity index (χ2n) is 6.44. The molecule has 1 aromatic rings. The normalized spacial score (nSPS) is 17.4. The summed E-state index contributed by atoms with van der Waals surface area (Å²) in [6.45, 7) is 7.09. The Morgan fingerprint density at radius 1 is 1.38 bits per heavy atom. The fraction of sp³-hybridized carbons (Fsp3) is 0.647. The van der Waals surface area contributed by atoms with Crippen molar-refractivity contribution in [2.45, 2.75) is 39.2 Å². The first-order valence-electron chi connectivity index (χ1n) is 8.58. The lowest BCUT2D eigenvalue weighted by atomic mass is 9.96. The number of carbonyl (C=O) groups is 2. The van der Waals surface area contributed by atoms with Crippen molar-refractivity contribution in [1.82, 2.24) is 15.5 Å². The smallest absolute Gasteiger partial charge is 0.315 e. The van der Waals surface area contributed by atoms with E-state index in [0.717, 1.165) is 50.4 Å². The topological polar surface area (TPSA) is 101 Å². The summed E-state index contributed by atoms with van der Waals surface area (Å²) in [5, 5.41) is 5.72. The molecule has 1 aliphatic rings. The van der Waals surface area contributed by atoms with E-state index >= 15 is 0 Å². The molecule has 0 bridgehead atoms. The third-order valence-corrected chi connectivity index (χ3v) is 4.46. The largest absolute Gasteiger partial charge is 0.464 e. The standard InChI is InChI=1S/C17H28N4O3/c1-12-4-5-15(24-12)13(2)20-17(23)19-8-3-9-21-10-6-14(7-11-21)16(18)22/h4-5,13-14H,3,6-11H2,1-2H3,(H2,18,22)(H2,19,20,23)/t13-/m0/s1. The molecule has 2 heterocycles. The van der Waals surface area contributed by atoms with Crippen LogP contribution in [0.4, 0.5) is 4.79 Å². The Bertz CT molecular complexity index is 550. The predicted octanol–water partition coefficient (Wildman–Crippen LogP) is 1.54. The number of rotatable bonds is 7. The highest BCUT2D eigenvalue weighted by atomic mass is 16.3. The van der Waals surface area contributed by atoms with Gasteiger partial charge in [0.1, 0.15) is 11.5 Å². The van der Waals surface area contributed by atoms with E-state index in [9.17, 15) is 9.59 Å². The minimum absolute atomic E-state index is 0.0249. The van der Waals surface area contributed by atoms with Crippen LogP contribution in [-0.4, -0.2) is 43.0 Å². The lowest BCUT2D eigenvalue weighted by Gasteiger charge is -2.30. The number of urea groups is 1. The molecule has 7 nitrogen and oxygen atoms in total. The maximum absolute atomic E-state index is 11.9. The Hall–Kier alpha value is -2.02. The number of carbonyl (C=O) groups excluding carboxylic acids is 2. The molecule has 0 radical (unpaired) electrons. The number of hydrogen-bond acceptors (Lipinski definition) is 4. The molecule has 2 rings (SSSR count). The van der Waals surface area contributed by atoms with Gasteiger partial charge in [-0.2, -0.15) is 0 Å². The molecule has 0 saturated carbocycles. The summed E-state index contributed by atoms with van der Waals surface area (Å²) >= 11 is 0. The van der Waals surface area contributed by atoms with Crippen LogP contribution < -0.4 is 16.4 Å². The number of hydrogen-bond donors (Lipinski definition) is 3. The van der Waals surface area contributed by atoms with Crippen molar-refractivity contribution < 1.29 is 14.0 Å². The molecule has 4 N–H and O–H groups in total. The fourth-order valence-corrected chi connectivity index (χ4v) is 2.95. The Morgan fingerprint density at radius 2 is 2.08 bits per heavy atom. The Labute approximate surface area is 142 Å². The number of amides is 3. The Kier molecular flexibility index (Phi) is 6.66. The molecule has 3 amide bonds. The summed E-state index contributed by atoms with van der Waals surface area (Å²) in [6.07, 6.45) is 2.55. The van der Waals surface area contributed by atoms with Crippen LogP contribution in [0.1, 0.15) is 43.7 Å². The van der Waals surface area contributed by atoms with Gasteiger partial charge < -0.3 is 25.7 Å². The van der Waals surface area contributed by atoms with Gasteiger partial charge in [0, 0.05) is 12.5 Å². The molecule has 1 saturated heterocycles. The number of nitrogens with one attached hydrogen (secondary N) is 2. The van der Waals surface area contributed by atoms with Crippen molar-refractivity contribution in [2.75, 3.05) is 26.2 Å². The highest BCUT2D eigenvalue weighted by Gasteiger charge is 2.22. The van der Waals surface area contributed by atoms with E-state index in [4.69, 9.17) is 10.2 Å². The van der Waals surface area contributed by atoms with Crippen LogP contribution in [0.5, 0.6) is 0 Å². The fourth-order valence-electron chi connectivity index (χ4n) is 2.95. The molecule has 0 aromatic carbocycles. The zero-order chi connectivity index (χ0) is 17.5. The molecule has 1 aromatic heterocycles. The van der Waals surface area contributed by atoms with Crippen molar-refractivity contribution in [3.63, 3.8) is 0 Å². The molecule has 0 spiro atoms. The highest BCUT2D eigenvalue weighted by Crippen LogP contribution is 2.17. The molecule has 0 aliphatic carbocycles. The van der Waals surface area contributed by atoms with E-state index in [2.05, 4.69) is 15.5 Å². The number of furan rings is 1. The number of aryl methyl sites for hydroxylation is 1. The van der Waals surface area contributed by atoms with Gasteiger partial charge in [0.25, 0.3) is 0 Å². The first kappa shape index (κ1) is 18.3. The van der Waals surface area contributed by atoms with Crippen LogP contribution in [0.2, 0.25) is 0 Å². The van der Waals surface area contributed by atoms with Crippen molar-refractivity contribution in [3.8, 4) is 0 Å². The summed E-state index contributed by atoms with van der Waals surface area (Å²) in [4.78, 5) is 25.3. The number of nitrogens with two attached hydrogens (primary N) is 1. The van der Waals surface area contributed by atoms with Crippen molar-refractivity contribution in [2.24, 2.45) is 11.7 Å². The van der Waals surface area contributed by atoms with Crippen molar-refractivity contribution in [3.05, 3.63) is 23.7 Å². The number of primary amides is 1. The van der Waals surface area contributed by atoms with Gasteiger partial charge in [-0.05, 0) is 64.9 Å². The molecule has 1 fully saturated rings. The average molecular weight is 336 g/mol. The molecule has 1 atom stereocenters. The Morgan fingerprint density at radius 3 is 2.67 bits per heavy atom. The molecule has 134 valence electrons. The van der Waals surface area contributed by atoms with Crippen LogP contribution in [0, 0.1) is 12.8 Å². The molecule has 7 heteroatoms. The Balaban J connectivity index is 1.57. The van der Waals surface area contributed by atoms with Crippen molar-refractivity contribution >= 4 is 11.9 Å². The molecule has 1 aliphatic heterocycles. The van der Waals surface area contributed by atoms with Crippen molar-refractivity contribution in [1.29, 1.82) is 0 Å². The van der Waals surface area contributed by atoms with Gasteiger partial charge in [-0.1, -0.05) is 0 Å². The summed E-state index contributed by atoms with van der Waals surface area (Å²) in [5.41, 5.74) is 5.33. The van der Waals surface area contributed by atoms with Crippen LogP contribution in [0.3, 0.4) is 0 Å².